The van der Waals surface area contributed by atoms with Crippen LogP contribution in [0.1, 0.15) is 12.0 Å². The molecule has 2 aromatic heterocycles. The molecule has 1 aliphatic rings. The maximum absolute atomic E-state index is 9.75. The summed E-state index contributed by atoms with van der Waals surface area (Å²) < 4.78 is 17.1. The van der Waals surface area contributed by atoms with E-state index in [9.17, 15) is 5.26 Å². The molecule has 34 heavy (non-hydrogen) atoms. The van der Waals surface area contributed by atoms with Crippen molar-refractivity contribution in [3.8, 4) is 17.6 Å². The normalized spacial score (nSPS) is 14.2. The minimum absolute atomic E-state index is 0.445. The molecule has 0 unspecified atom stereocenters. The number of hydrogen-bond acceptors (Lipinski definition) is 8. The molecule has 5 rings (SSSR count). The van der Waals surface area contributed by atoms with Crippen LogP contribution < -0.4 is 14.8 Å². The third-order valence-corrected chi connectivity index (χ3v) is 5.97. The number of aromatic amines is 1. The van der Waals surface area contributed by atoms with Crippen molar-refractivity contribution in [2.24, 2.45) is 0 Å². The van der Waals surface area contributed by atoms with Gasteiger partial charge in [-0.05, 0) is 30.7 Å². The fraction of sp³-hybridized carbons (Fsp3) is 0.320. The number of H-pyrrole nitrogens is 1. The lowest BCUT2D eigenvalue weighted by atomic mass is 10.1. The number of rotatable bonds is 8. The third kappa shape index (κ3) is 4.59. The molecule has 1 saturated heterocycles. The van der Waals surface area contributed by atoms with Gasteiger partial charge in [0.15, 0.2) is 11.5 Å². The van der Waals surface area contributed by atoms with Crippen LogP contribution in [0.2, 0.25) is 0 Å². The molecular weight excluding hydrogens is 432 g/mol. The number of hydrogen-bond donors (Lipinski definition) is 2. The average molecular weight is 459 g/mol. The lowest BCUT2D eigenvalue weighted by molar-refractivity contribution is 0.0357. The van der Waals surface area contributed by atoms with Gasteiger partial charge in [-0.25, -0.2) is 0 Å². The van der Waals surface area contributed by atoms with Gasteiger partial charge in [-0.3, -0.25) is 15.0 Å². The van der Waals surface area contributed by atoms with Crippen LogP contribution in [0.5, 0.6) is 11.5 Å². The molecule has 0 atom stereocenters. The zero-order chi connectivity index (χ0) is 23.3. The molecule has 3 heterocycles. The van der Waals surface area contributed by atoms with Gasteiger partial charge in [0, 0.05) is 48.4 Å². The summed E-state index contributed by atoms with van der Waals surface area (Å²) in [7, 11) is 1.62. The Morgan fingerprint density at radius 1 is 1.18 bits per heavy atom. The molecule has 2 N–H and O–H groups in total. The summed E-state index contributed by atoms with van der Waals surface area (Å²) in [4.78, 5) is 6.85. The van der Waals surface area contributed by atoms with E-state index in [1.165, 1.54) is 0 Å². The number of fused-ring (bicyclic) bond motifs is 2. The molecule has 0 radical (unpaired) electrons. The molecular formula is C25H26N6O3. The van der Waals surface area contributed by atoms with E-state index in [-0.39, 0.29) is 0 Å². The lowest BCUT2D eigenvalue weighted by Gasteiger charge is -2.26. The SMILES string of the molecule is COc1cc2ncc(C#N)c(Nc3ccc4cn[nH]c4c3)c2cc1OCCCN1CCOCC1. The average Bonchev–Trinajstić information content (AvgIpc) is 3.35. The Morgan fingerprint density at radius 2 is 2.06 bits per heavy atom. The summed E-state index contributed by atoms with van der Waals surface area (Å²) in [6.07, 6.45) is 4.24. The van der Waals surface area contributed by atoms with Gasteiger partial charge >= 0.3 is 0 Å². The molecule has 4 aromatic rings. The zero-order valence-electron chi connectivity index (χ0n) is 19.0. The Labute approximate surface area is 197 Å². The molecule has 0 amide bonds. The predicted molar refractivity (Wildman–Crippen MR) is 130 cm³/mol. The van der Waals surface area contributed by atoms with E-state index >= 15 is 0 Å². The van der Waals surface area contributed by atoms with Crippen molar-refractivity contribution in [2.45, 2.75) is 6.42 Å². The van der Waals surface area contributed by atoms with Gasteiger partial charge in [0.1, 0.15) is 6.07 Å². The second kappa shape index (κ2) is 9.95. The quantitative estimate of drug-likeness (QED) is 0.384. The molecule has 9 heteroatoms. The first kappa shape index (κ1) is 21.9. The topological polar surface area (TPSA) is 108 Å². The van der Waals surface area contributed by atoms with Gasteiger partial charge in [0.25, 0.3) is 0 Å². The maximum atomic E-state index is 9.75. The number of methoxy groups -OCH3 is 1. The van der Waals surface area contributed by atoms with Crippen LogP contribution in [-0.4, -0.2) is 66.6 Å². The summed E-state index contributed by atoms with van der Waals surface area (Å²) in [6, 6.07) is 11.9. The molecule has 0 bridgehead atoms. The first-order valence-corrected chi connectivity index (χ1v) is 11.3. The van der Waals surface area contributed by atoms with Crippen molar-refractivity contribution in [3.05, 3.63) is 48.3 Å². The molecule has 1 fully saturated rings. The fourth-order valence-corrected chi connectivity index (χ4v) is 4.15. The molecule has 9 nitrogen and oxygen atoms in total. The summed E-state index contributed by atoms with van der Waals surface area (Å²) in [5.74, 6) is 1.24. The number of nitrogens with one attached hydrogen (secondary N) is 2. The number of nitriles is 1. The highest BCUT2D eigenvalue weighted by molar-refractivity contribution is 5.98. The van der Waals surface area contributed by atoms with E-state index in [1.807, 2.05) is 30.3 Å². The zero-order valence-corrected chi connectivity index (χ0v) is 19.0. The van der Waals surface area contributed by atoms with Gasteiger partial charge in [-0.15, -0.1) is 0 Å². The second-order valence-electron chi connectivity index (χ2n) is 8.13. The highest BCUT2D eigenvalue weighted by Crippen LogP contribution is 2.37. The number of pyridine rings is 1. The Morgan fingerprint density at radius 3 is 2.88 bits per heavy atom. The van der Waals surface area contributed by atoms with Crippen LogP contribution in [0.15, 0.2) is 42.7 Å². The summed E-state index contributed by atoms with van der Waals surface area (Å²) in [5.41, 5.74) is 3.58. The minimum Gasteiger partial charge on any atom is -0.493 e. The van der Waals surface area contributed by atoms with Crippen molar-refractivity contribution in [3.63, 3.8) is 0 Å². The van der Waals surface area contributed by atoms with E-state index in [2.05, 4.69) is 31.5 Å². The van der Waals surface area contributed by atoms with Gasteiger partial charge in [-0.1, -0.05) is 0 Å². The van der Waals surface area contributed by atoms with Crippen molar-refractivity contribution < 1.29 is 14.2 Å². The molecule has 0 spiro atoms. The van der Waals surface area contributed by atoms with Gasteiger partial charge in [0.05, 0.1) is 55.4 Å². The number of anilines is 2. The largest absolute Gasteiger partial charge is 0.493 e. The van der Waals surface area contributed by atoms with Crippen LogP contribution >= 0.6 is 0 Å². The molecule has 2 aromatic carbocycles. The lowest BCUT2D eigenvalue weighted by Crippen LogP contribution is -2.37. The number of benzene rings is 2. The molecule has 174 valence electrons. The molecule has 0 saturated carbocycles. The van der Waals surface area contributed by atoms with Crippen LogP contribution in [0.4, 0.5) is 11.4 Å². The van der Waals surface area contributed by atoms with Crippen molar-refractivity contribution >= 4 is 33.2 Å². The summed E-state index contributed by atoms with van der Waals surface area (Å²) in [6.45, 7) is 5.02. The van der Waals surface area contributed by atoms with E-state index in [0.29, 0.717) is 34.9 Å². The highest BCUT2D eigenvalue weighted by atomic mass is 16.5. The van der Waals surface area contributed by atoms with E-state index in [1.54, 1.807) is 19.5 Å². The number of nitrogens with zero attached hydrogens (tertiary/aromatic N) is 4. The number of ether oxygens (including phenoxy) is 3. The Balaban J connectivity index is 1.41. The Bertz CT molecular complexity index is 1340. The standard InChI is InChI=1S/C25H26N6O3/c1-32-23-13-22-20(12-24(23)34-8-2-5-31-6-9-33-10-7-31)25(18(14-26)15-27-22)29-19-4-3-17-16-28-30-21(17)11-19/h3-4,11-13,15-16H,2,5-10H2,1H3,(H,27,29)(H,28,30). The van der Waals surface area contributed by atoms with E-state index in [0.717, 1.165) is 61.2 Å². The van der Waals surface area contributed by atoms with Crippen LogP contribution in [0, 0.1) is 11.3 Å². The van der Waals surface area contributed by atoms with Crippen LogP contribution in [0.25, 0.3) is 21.8 Å². The molecule has 0 aliphatic carbocycles. The van der Waals surface area contributed by atoms with Gasteiger partial charge < -0.3 is 19.5 Å². The summed E-state index contributed by atoms with van der Waals surface area (Å²) in [5, 5.41) is 22.0. The Kier molecular flexibility index (Phi) is 6.42. The minimum atomic E-state index is 0.445. The van der Waals surface area contributed by atoms with Crippen molar-refractivity contribution in [1.82, 2.24) is 20.1 Å². The first-order valence-electron chi connectivity index (χ1n) is 11.3. The van der Waals surface area contributed by atoms with Gasteiger partial charge in [0.2, 0.25) is 0 Å². The fourth-order valence-electron chi connectivity index (χ4n) is 4.15. The monoisotopic (exact) mass is 458 g/mol. The van der Waals surface area contributed by atoms with Crippen LogP contribution in [-0.2, 0) is 4.74 Å². The highest BCUT2D eigenvalue weighted by Gasteiger charge is 2.15. The molecule has 1 aliphatic heterocycles. The number of morpholine rings is 1. The third-order valence-electron chi connectivity index (χ3n) is 5.97. The predicted octanol–water partition coefficient (Wildman–Crippen LogP) is 3.84. The first-order chi connectivity index (χ1) is 16.7. The van der Waals surface area contributed by atoms with Gasteiger partial charge in [-0.2, -0.15) is 10.4 Å². The van der Waals surface area contributed by atoms with E-state index < -0.39 is 0 Å². The van der Waals surface area contributed by atoms with E-state index in [4.69, 9.17) is 14.2 Å². The second-order valence-corrected chi connectivity index (χ2v) is 8.13. The van der Waals surface area contributed by atoms with Crippen molar-refractivity contribution in [2.75, 3.05) is 51.9 Å². The van der Waals surface area contributed by atoms with Crippen LogP contribution in [0.3, 0.4) is 0 Å². The van der Waals surface area contributed by atoms with Crippen molar-refractivity contribution in [1.29, 1.82) is 5.26 Å². The number of aromatic nitrogens is 3. The smallest absolute Gasteiger partial charge is 0.162 e. The Hall–Kier alpha value is -3.87. The maximum Gasteiger partial charge on any atom is 0.162 e. The summed E-state index contributed by atoms with van der Waals surface area (Å²) >= 11 is 0.